The van der Waals surface area contributed by atoms with Crippen molar-refractivity contribution in [3.05, 3.63) is 71.3 Å². The van der Waals surface area contributed by atoms with Gasteiger partial charge in [0, 0.05) is 18.5 Å². The molecule has 4 nitrogen and oxygen atoms in total. The number of ether oxygens (including phenoxy) is 1. The first-order chi connectivity index (χ1) is 12.6. The number of benzene rings is 2. The van der Waals surface area contributed by atoms with Crippen molar-refractivity contribution in [1.82, 2.24) is 5.32 Å². The standard InChI is InChI=1S/C22H29NO3/c1-3-12-23-15-20(24)16-26-21(14-18-9-7-8-17(2)13-18)22(25)19-10-5-4-6-11-19/h4-11,13,20-21,23-24H,3,12,14-16H2,1-2H3. The second kappa shape index (κ2) is 10.9. The number of ketones is 1. The Morgan fingerprint density at radius 3 is 2.62 bits per heavy atom. The number of nitrogens with one attached hydrogen (secondary N) is 1. The molecule has 26 heavy (non-hydrogen) atoms. The van der Waals surface area contributed by atoms with Gasteiger partial charge in [-0.25, -0.2) is 0 Å². The fraction of sp³-hybridized carbons (Fsp3) is 0.409. The van der Waals surface area contributed by atoms with Gasteiger partial charge in [0.2, 0.25) is 0 Å². The van der Waals surface area contributed by atoms with Crippen LogP contribution in [0.15, 0.2) is 54.6 Å². The molecule has 2 N–H and O–H groups in total. The van der Waals surface area contributed by atoms with Crippen molar-refractivity contribution in [3.8, 4) is 0 Å². The molecule has 0 bridgehead atoms. The van der Waals surface area contributed by atoms with Crippen molar-refractivity contribution in [2.24, 2.45) is 0 Å². The van der Waals surface area contributed by atoms with Gasteiger partial charge >= 0.3 is 0 Å². The predicted molar refractivity (Wildman–Crippen MR) is 105 cm³/mol. The summed E-state index contributed by atoms with van der Waals surface area (Å²) in [5.41, 5.74) is 2.83. The Morgan fingerprint density at radius 1 is 1.15 bits per heavy atom. The molecule has 0 aliphatic carbocycles. The molecule has 0 saturated heterocycles. The van der Waals surface area contributed by atoms with Crippen molar-refractivity contribution in [1.29, 1.82) is 0 Å². The van der Waals surface area contributed by atoms with Crippen LogP contribution in [0.4, 0.5) is 0 Å². The van der Waals surface area contributed by atoms with Crippen LogP contribution in [0, 0.1) is 6.92 Å². The van der Waals surface area contributed by atoms with Crippen LogP contribution in [0.3, 0.4) is 0 Å². The average Bonchev–Trinajstić information content (AvgIpc) is 2.65. The lowest BCUT2D eigenvalue weighted by molar-refractivity contribution is -0.00163. The molecule has 0 heterocycles. The van der Waals surface area contributed by atoms with Gasteiger partial charge in [-0.3, -0.25) is 4.79 Å². The highest BCUT2D eigenvalue weighted by Crippen LogP contribution is 2.14. The van der Waals surface area contributed by atoms with Gasteiger partial charge in [0.25, 0.3) is 0 Å². The summed E-state index contributed by atoms with van der Waals surface area (Å²) >= 11 is 0. The molecule has 0 saturated carbocycles. The zero-order chi connectivity index (χ0) is 18.8. The Hall–Kier alpha value is -2.01. The second-order valence-electron chi connectivity index (χ2n) is 6.60. The molecule has 0 radical (unpaired) electrons. The third-order valence-electron chi connectivity index (χ3n) is 4.15. The zero-order valence-corrected chi connectivity index (χ0v) is 15.7. The Bertz CT molecular complexity index is 672. The first kappa shape index (κ1) is 20.3. The molecular formula is C22H29NO3. The SMILES string of the molecule is CCCNCC(O)COC(Cc1cccc(C)c1)C(=O)c1ccccc1. The second-order valence-corrected chi connectivity index (χ2v) is 6.60. The van der Waals surface area contributed by atoms with Crippen LogP contribution < -0.4 is 5.32 Å². The van der Waals surface area contributed by atoms with Gasteiger partial charge < -0.3 is 15.2 Å². The molecule has 2 unspecified atom stereocenters. The van der Waals surface area contributed by atoms with E-state index in [0.29, 0.717) is 18.5 Å². The van der Waals surface area contributed by atoms with E-state index in [0.717, 1.165) is 24.1 Å². The quantitative estimate of drug-likeness (QED) is 0.480. The van der Waals surface area contributed by atoms with Crippen molar-refractivity contribution in [2.75, 3.05) is 19.7 Å². The lowest BCUT2D eigenvalue weighted by Gasteiger charge is -2.20. The number of carbonyl (C=O) groups excluding carboxylic acids is 1. The summed E-state index contributed by atoms with van der Waals surface area (Å²) < 4.78 is 5.86. The van der Waals surface area contributed by atoms with Crippen molar-refractivity contribution in [3.63, 3.8) is 0 Å². The molecule has 4 heteroatoms. The van der Waals surface area contributed by atoms with Crippen LogP contribution in [0.2, 0.25) is 0 Å². The molecule has 0 amide bonds. The van der Waals surface area contributed by atoms with E-state index in [4.69, 9.17) is 4.74 Å². The van der Waals surface area contributed by atoms with Crippen molar-refractivity contribution >= 4 is 5.78 Å². The lowest BCUT2D eigenvalue weighted by Crippen LogP contribution is -2.35. The average molecular weight is 355 g/mol. The number of aliphatic hydroxyl groups is 1. The van der Waals surface area contributed by atoms with Crippen molar-refractivity contribution < 1.29 is 14.6 Å². The highest BCUT2D eigenvalue weighted by molar-refractivity contribution is 5.99. The van der Waals surface area contributed by atoms with Crippen LogP contribution in [0.1, 0.15) is 34.8 Å². The summed E-state index contributed by atoms with van der Waals surface area (Å²) in [6.07, 6.45) is 0.255. The van der Waals surface area contributed by atoms with Crippen LogP contribution in [0.25, 0.3) is 0 Å². The highest BCUT2D eigenvalue weighted by Gasteiger charge is 2.22. The first-order valence-electron chi connectivity index (χ1n) is 9.25. The minimum absolute atomic E-state index is 0.0548. The number of rotatable bonds is 11. The monoisotopic (exact) mass is 355 g/mol. The first-order valence-corrected chi connectivity index (χ1v) is 9.25. The maximum atomic E-state index is 12.9. The van der Waals surface area contributed by atoms with Gasteiger partial charge in [-0.2, -0.15) is 0 Å². The van der Waals surface area contributed by atoms with E-state index in [1.54, 1.807) is 12.1 Å². The number of hydrogen-bond donors (Lipinski definition) is 2. The van der Waals surface area contributed by atoms with E-state index in [1.165, 1.54) is 0 Å². The van der Waals surface area contributed by atoms with Crippen LogP contribution >= 0.6 is 0 Å². The number of aliphatic hydroxyl groups excluding tert-OH is 1. The molecule has 2 aromatic carbocycles. The minimum Gasteiger partial charge on any atom is -0.389 e. The van der Waals surface area contributed by atoms with Gasteiger partial charge in [0.05, 0.1) is 12.7 Å². The van der Waals surface area contributed by atoms with E-state index in [9.17, 15) is 9.90 Å². The maximum Gasteiger partial charge on any atom is 0.191 e. The molecule has 0 fully saturated rings. The molecule has 2 atom stereocenters. The predicted octanol–water partition coefficient (Wildman–Crippen LogP) is 3.17. The molecule has 0 aliphatic heterocycles. The Labute approximate surface area is 156 Å². The van der Waals surface area contributed by atoms with Crippen LogP contribution in [-0.2, 0) is 11.2 Å². The molecule has 2 rings (SSSR count). The number of aryl methyl sites for hydroxylation is 1. The minimum atomic E-state index is -0.634. The maximum absolute atomic E-state index is 12.9. The smallest absolute Gasteiger partial charge is 0.191 e. The van der Waals surface area contributed by atoms with Crippen LogP contribution in [0.5, 0.6) is 0 Å². The van der Waals surface area contributed by atoms with Gasteiger partial charge in [-0.05, 0) is 25.5 Å². The third-order valence-corrected chi connectivity index (χ3v) is 4.15. The number of hydrogen-bond acceptors (Lipinski definition) is 4. The van der Waals surface area contributed by atoms with E-state index >= 15 is 0 Å². The molecule has 2 aromatic rings. The Kier molecular flexibility index (Phi) is 8.48. The largest absolute Gasteiger partial charge is 0.389 e. The summed E-state index contributed by atoms with van der Waals surface area (Å²) in [6.45, 7) is 5.55. The van der Waals surface area contributed by atoms with Crippen LogP contribution in [-0.4, -0.2) is 42.8 Å². The molecule has 0 spiro atoms. The molecule has 0 aliphatic rings. The zero-order valence-electron chi connectivity index (χ0n) is 15.7. The molecule has 140 valence electrons. The van der Waals surface area contributed by atoms with Gasteiger partial charge in [0.1, 0.15) is 6.10 Å². The fourth-order valence-electron chi connectivity index (χ4n) is 2.80. The summed E-state index contributed by atoms with van der Waals surface area (Å²) in [6, 6.07) is 17.3. The summed E-state index contributed by atoms with van der Waals surface area (Å²) in [7, 11) is 0. The van der Waals surface area contributed by atoms with Gasteiger partial charge in [0.15, 0.2) is 5.78 Å². The third kappa shape index (κ3) is 6.71. The Morgan fingerprint density at radius 2 is 1.92 bits per heavy atom. The Balaban J connectivity index is 2.04. The number of Topliss-reactive ketones (excluding diaryl/α,β-unsaturated/α-hetero) is 1. The van der Waals surface area contributed by atoms with Gasteiger partial charge in [-0.15, -0.1) is 0 Å². The molecule has 0 aromatic heterocycles. The normalized spacial score (nSPS) is 13.3. The summed E-state index contributed by atoms with van der Waals surface area (Å²) in [5.74, 6) is -0.0548. The molecular weight excluding hydrogens is 326 g/mol. The fourth-order valence-corrected chi connectivity index (χ4v) is 2.80. The van der Waals surface area contributed by atoms with E-state index in [2.05, 4.69) is 18.3 Å². The summed E-state index contributed by atoms with van der Waals surface area (Å²) in [4.78, 5) is 12.9. The highest BCUT2D eigenvalue weighted by atomic mass is 16.5. The number of carbonyl (C=O) groups is 1. The topological polar surface area (TPSA) is 58.6 Å². The van der Waals surface area contributed by atoms with Crippen molar-refractivity contribution in [2.45, 2.75) is 38.9 Å². The van der Waals surface area contributed by atoms with E-state index < -0.39 is 12.2 Å². The lowest BCUT2D eigenvalue weighted by atomic mass is 9.99. The van der Waals surface area contributed by atoms with Gasteiger partial charge in [-0.1, -0.05) is 67.1 Å². The van der Waals surface area contributed by atoms with E-state index in [-0.39, 0.29) is 12.4 Å². The summed E-state index contributed by atoms with van der Waals surface area (Å²) in [5, 5.41) is 13.3. The van der Waals surface area contributed by atoms with E-state index in [1.807, 2.05) is 43.3 Å².